The molecule has 6 heteroatoms. The van der Waals surface area contributed by atoms with E-state index in [1.165, 1.54) is 22.3 Å². The van der Waals surface area contributed by atoms with Gasteiger partial charge in [0.2, 0.25) is 0 Å². The number of benzene rings is 2. The maximum Gasteiger partial charge on any atom is 0.274 e. The monoisotopic (exact) mass is 434 g/mol. The maximum atomic E-state index is 11.5. The molecule has 6 nitrogen and oxygen atoms in total. The SMILES string of the molecule is C[C@@H]1CN(Cc2ccc(C(=O)NO)cc2)C[C@H](C)N1Cc1ccccc1C1=CCNCC1. The molecule has 2 aliphatic rings. The molecule has 1 amide bonds. The first-order chi connectivity index (χ1) is 15.5. The van der Waals surface area contributed by atoms with Gasteiger partial charge in [0.05, 0.1) is 0 Å². The summed E-state index contributed by atoms with van der Waals surface area (Å²) in [4.78, 5) is 16.7. The summed E-state index contributed by atoms with van der Waals surface area (Å²) in [6.07, 6.45) is 3.43. The van der Waals surface area contributed by atoms with Crippen molar-refractivity contribution in [2.45, 2.75) is 45.4 Å². The van der Waals surface area contributed by atoms with Gasteiger partial charge in [-0.05, 0) is 61.2 Å². The molecule has 0 bridgehead atoms. The van der Waals surface area contributed by atoms with E-state index in [0.717, 1.165) is 45.7 Å². The van der Waals surface area contributed by atoms with Crippen LogP contribution in [0.4, 0.5) is 0 Å². The van der Waals surface area contributed by atoms with Gasteiger partial charge in [-0.15, -0.1) is 0 Å². The minimum absolute atomic E-state index is 0.452. The van der Waals surface area contributed by atoms with Crippen molar-refractivity contribution in [3.05, 3.63) is 76.9 Å². The third-order valence-electron chi connectivity index (χ3n) is 6.68. The van der Waals surface area contributed by atoms with Crippen LogP contribution in [-0.2, 0) is 13.1 Å². The lowest BCUT2D eigenvalue weighted by Crippen LogP contribution is -2.55. The van der Waals surface area contributed by atoms with E-state index in [1.54, 1.807) is 17.6 Å². The summed E-state index contributed by atoms with van der Waals surface area (Å²) in [6.45, 7) is 10.5. The summed E-state index contributed by atoms with van der Waals surface area (Å²) in [5.74, 6) is -0.479. The molecule has 0 radical (unpaired) electrons. The summed E-state index contributed by atoms with van der Waals surface area (Å²) in [7, 11) is 0. The number of carbonyl (C=O) groups excluding carboxylic acids is 1. The minimum atomic E-state index is -0.479. The summed E-state index contributed by atoms with van der Waals surface area (Å²) >= 11 is 0. The van der Waals surface area contributed by atoms with Crippen LogP contribution >= 0.6 is 0 Å². The molecule has 1 saturated heterocycles. The smallest absolute Gasteiger partial charge is 0.274 e. The Kier molecular flexibility index (Phi) is 7.37. The molecule has 170 valence electrons. The van der Waals surface area contributed by atoms with E-state index < -0.39 is 5.91 Å². The van der Waals surface area contributed by atoms with E-state index in [4.69, 9.17) is 5.21 Å². The number of nitrogens with one attached hydrogen (secondary N) is 2. The van der Waals surface area contributed by atoms with E-state index >= 15 is 0 Å². The molecule has 1 fully saturated rings. The van der Waals surface area contributed by atoms with Crippen LogP contribution in [0.2, 0.25) is 0 Å². The Balaban J connectivity index is 1.41. The van der Waals surface area contributed by atoms with Crippen molar-refractivity contribution in [2.24, 2.45) is 0 Å². The number of nitrogens with zero attached hydrogens (tertiary/aromatic N) is 2. The van der Waals surface area contributed by atoms with Crippen molar-refractivity contribution in [1.29, 1.82) is 0 Å². The van der Waals surface area contributed by atoms with Crippen molar-refractivity contribution in [1.82, 2.24) is 20.6 Å². The third-order valence-corrected chi connectivity index (χ3v) is 6.68. The quantitative estimate of drug-likeness (QED) is 0.481. The Morgan fingerprint density at radius 3 is 2.44 bits per heavy atom. The van der Waals surface area contributed by atoms with Gasteiger partial charge in [0.25, 0.3) is 5.91 Å². The first-order valence-electron chi connectivity index (χ1n) is 11.5. The molecule has 0 unspecified atom stereocenters. The van der Waals surface area contributed by atoms with Crippen LogP contribution in [0.1, 0.15) is 47.3 Å². The fraction of sp³-hybridized carbons (Fsp3) is 0.423. The Hall–Kier alpha value is -2.51. The standard InChI is InChI=1S/C26H34N4O2/c1-19-15-29(17-21-7-9-23(10-8-21)26(31)28-32)16-20(2)30(19)18-24-5-3-4-6-25(24)22-11-13-27-14-12-22/h3-11,19-20,27,32H,12-18H2,1-2H3,(H,28,31)/t19-,20+. The average molecular weight is 435 g/mol. The molecule has 2 aromatic carbocycles. The van der Waals surface area contributed by atoms with Crippen LogP contribution in [0.5, 0.6) is 0 Å². The van der Waals surface area contributed by atoms with Crippen molar-refractivity contribution in [2.75, 3.05) is 26.2 Å². The van der Waals surface area contributed by atoms with Gasteiger partial charge >= 0.3 is 0 Å². The summed E-state index contributed by atoms with van der Waals surface area (Å²) in [5, 5.41) is 12.2. The van der Waals surface area contributed by atoms with Crippen LogP contribution in [0.15, 0.2) is 54.6 Å². The second-order valence-corrected chi connectivity index (χ2v) is 9.04. The highest BCUT2D eigenvalue weighted by molar-refractivity contribution is 5.93. The van der Waals surface area contributed by atoms with E-state index in [2.05, 4.69) is 59.3 Å². The molecule has 0 aromatic heterocycles. The Morgan fingerprint density at radius 1 is 1.06 bits per heavy atom. The molecule has 2 aromatic rings. The number of hydrogen-bond acceptors (Lipinski definition) is 5. The predicted molar refractivity (Wildman–Crippen MR) is 127 cm³/mol. The maximum absolute atomic E-state index is 11.5. The lowest BCUT2D eigenvalue weighted by molar-refractivity contribution is 0.0290. The number of hydroxylamine groups is 1. The molecule has 0 spiro atoms. The van der Waals surface area contributed by atoms with E-state index in [1.807, 2.05) is 12.1 Å². The molecule has 32 heavy (non-hydrogen) atoms. The molecular formula is C26H34N4O2. The van der Waals surface area contributed by atoms with Gasteiger partial charge < -0.3 is 5.32 Å². The van der Waals surface area contributed by atoms with Gasteiger partial charge in [-0.1, -0.05) is 42.5 Å². The summed E-state index contributed by atoms with van der Waals surface area (Å²) in [5.41, 5.74) is 7.62. The molecule has 3 N–H and O–H groups in total. The topological polar surface area (TPSA) is 67.8 Å². The highest BCUT2D eigenvalue weighted by Gasteiger charge is 2.30. The third kappa shape index (κ3) is 5.27. The molecule has 0 saturated carbocycles. The summed E-state index contributed by atoms with van der Waals surface area (Å²) < 4.78 is 0. The highest BCUT2D eigenvalue weighted by Crippen LogP contribution is 2.27. The zero-order chi connectivity index (χ0) is 22.5. The van der Waals surface area contributed by atoms with Gasteiger partial charge in [0.1, 0.15) is 0 Å². The van der Waals surface area contributed by atoms with E-state index in [-0.39, 0.29) is 0 Å². The van der Waals surface area contributed by atoms with Crippen LogP contribution in [0.25, 0.3) is 5.57 Å². The summed E-state index contributed by atoms with van der Waals surface area (Å²) in [6, 6.07) is 17.2. The fourth-order valence-electron chi connectivity index (χ4n) is 5.03. The normalized spacial score (nSPS) is 22.4. The molecule has 2 heterocycles. The lowest BCUT2D eigenvalue weighted by Gasteiger charge is -2.45. The van der Waals surface area contributed by atoms with Gasteiger partial charge in [-0.3, -0.25) is 19.8 Å². The van der Waals surface area contributed by atoms with Gasteiger partial charge in [0.15, 0.2) is 0 Å². The van der Waals surface area contributed by atoms with Gasteiger partial charge in [-0.25, -0.2) is 5.48 Å². The van der Waals surface area contributed by atoms with Crippen LogP contribution in [0, 0.1) is 0 Å². The van der Waals surface area contributed by atoms with Gasteiger partial charge in [-0.2, -0.15) is 0 Å². The zero-order valence-corrected chi connectivity index (χ0v) is 19.1. The first kappa shape index (κ1) is 22.7. The van der Waals surface area contributed by atoms with Crippen molar-refractivity contribution in [3.63, 3.8) is 0 Å². The minimum Gasteiger partial charge on any atom is -0.313 e. The average Bonchev–Trinajstić information content (AvgIpc) is 2.82. The second-order valence-electron chi connectivity index (χ2n) is 9.04. The van der Waals surface area contributed by atoms with Crippen molar-refractivity contribution < 1.29 is 10.0 Å². The van der Waals surface area contributed by atoms with Crippen LogP contribution < -0.4 is 10.8 Å². The number of carbonyl (C=O) groups is 1. The highest BCUT2D eigenvalue weighted by atomic mass is 16.5. The van der Waals surface area contributed by atoms with Crippen LogP contribution in [0.3, 0.4) is 0 Å². The number of amides is 1. The van der Waals surface area contributed by atoms with Gasteiger partial charge in [0, 0.05) is 50.4 Å². The number of hydrogen-bond donors (Lipinski definition) is 3. The largest absolute Gasteiger partial charge is 0.313 e. The zero-order valence-electron chi connectivity index (χ0n) is 19.1. The van der Waals surface area contributed by atoms with E-state index in [9.17, 15) is 4.79 Å². The van der Waals surface area contributed by atoms with Crippen molar-refractivity contribution >= 4 is 11.5 Å². The predicted octanol–water partition coefficient (Wildman–Crippen LogP) is 3.28. The first-order valence-corrected chi connectivity index (χ1v) is 11.5. The molecule has 2 atom stereocenters. The van der Waals surface area contributed by atoms with E-state index in [0.29, 0.717) is 17.6 Å². The molecule has 4 rings (SSSR count). The van der Waals surface area contributed by atoms with Crippen LogP contribution in [-0.4, -0.2) is 59.2 Å². The second kappa shape index (κ2) is 10.4. The Labute approximate surface area is 190 Å². The Bertz CT molecular complexity index is 945. The lowest BCUT2D eigenvalue weighted by atomic mass is 9.94. The molecule has 2 aliphatic heterocycles. The molecule has 0 aliphatic carbocycles. The fourth-order valence-corrected chi connectivity index (χ4v) is 5.03. The van der Waals surface area contributed by atoms with Crippen molar-refractivity contribution in [3.8, 4) is 0 Å². The Morgan fingerprint density at radius 2 is 1.78 bits per heavy atom. The molecular weight excluding hydrogens is 400 g/mol. The number of piperazine rings is 1. The number of rotatable bonds is 6.